The molecule has 1 fully saturated rings. The molecule has 1 aromatic heterocycles. The van der Waals surface area contributed by atoms with Gasteiger partial charge in [0.05, 0.1) is 10.0 Å². The number of rotatable bonds is 3. The smallest absolute Gasteiger partial charge is 0.161 e. The molecular formula is C13H20Cl2N4. The number of nitrogens with one attached hydrogen (secondary N) is 1. The van der Waals surface area contributed by atoms with Crippen LogP contribution in [-0.2, 0) is 0 Å². The Morgan fingerprint density at radius 1 is 1.32 bits per heavy atom. The lowest BCUT2D eigenvalue weighted by Crippen LogP contribution is -2.36. The average molecular weight is 303 g/mol. The second kappa shape index (κ2) is 6.16. The van der Waals surface area contributed by atoms with Crippen LogP contribution in [0.4, 0.5) is 11.6 Å². The zero-order valence-corrected chi connectivity index (χ0v) is 12.8. The van der Waals surface area contributed by atoms with Crippen LogP contribution < -0.4 is 16.2 Å². The number of hydrogen-bond acceptors (Lipinski definition) is 4. The summed E-state index contributed by atoms with van der Waals surface area (Å²) in [5.74, 6) is 8.15. The van der Waals surface area contributed by atoms with E-state index in [-0.39, 0.29) is 0 Å². The molecule has 6 heteroatoms. The first-order valence-corrected chi connectivity index (χ1v) is 7.36. The van der Waals surface area contributed by atoms with Gasteiger partial charge in [-0.15, -0.1) is 0 Å². The summed E-state index contributed by atoms with van der Waals surface area (Å²) in [7, 11) is 0. The lowest BCUT2D eigenvalue weighted by molar-refractivity contribution is 0.311. The molecule has 1 aliphatic heterocycles. The summed E-state index contributed by atoms with van der Waals surface area (Å²) in [6, 6.07) is 1.69. The van der Waals surface area contributed by atoms with E-state index < -0.39 is 0 Å². The third-order valence-corrected chi connectivity index (χ3v) is 4.40. The summed E-state index contributed by atoms with van der Waals surface area (Å²) in [6.45, 7) is 6.51. The molecule has 0 aliphatic carbocycles. The molecular weight excluding hydrogens is 283 g/mol. The van der Waals surface area contributed by atoms with Gasteiger partial charge in [-0.05, 0) is 30.7 Å². The van der Waals surface area contributed by atoms with Crippen molar-refractivity contribution in [3.05, 3.63) is 16.1 Å². The Bertz CT molecular complexity index is 443. The first-order valence-electron chi connectivity index (χ1n) is 6.60. The zero-order valence-electron chi connectivity index (χ0n) is 11.3. The SMILES string of the molecule is CC(C)C1CCN(c2nc(NN)c(Cl)cc2Cl)CC1. The molecule has 0 unspecified atom stereocenters. The second-order valence-electron chi connectivity index (χ2n) is 5.34. The Morgan fingerprint density at radius 3 is 2.47 bits per heavy atom. The summed E-state index contributed by atoms with van der Waals surface area (Å²) < 4.78 is 0. The van der Waals surface area contributed by atoms with Crippen LogP contribution in [0.3, 0.4) is 0 Å². The molecule has 0 radical (unpaired) electrons. The number of nitrogens with zero attached hydrogens (tertiary/aromatic N) is 2. The largest absolute Gasteiger partial charge is 0.355 e. The van der Waals surface area contributed by atoms with E-state index in [1.807, 2.05) is 0 Å². The molecule has 106 valence electrons. The molecule has 3 N–H and O–H groups in total. The van der Waals surface area contributed by atoms with Gasteiger partial charge >= 0.3 is 0 Å². The first kappa shape index (κ1) is 14.7. The number of aromatic nitrogens is 1. The maximum atomic E-state index is 6.23. The van der Waals surface area contributed by atoms with E-state index >= 15 is 0 Å². The Kier molecular flexibility index (Phi) is 4.76. The van der Waals surface area contributed by atoms with Crippen LogP contribution in [0.5, 0.6) is 0 Å². The molecule has 1 aliphatic rings. The van der Waals surface area contributed by atoms with Crippen molar-refractivity contribution in [1.29, 1.82) is 0 Å². The van der Waals surface area contributed by atoms with Gasteiger partial charge in [0.25, 0.3) is 0 Å². The van der Waals surface area contributed by atoms with Crippen LogP contribution in [0.1, 0.15) is 26.7 Å². The lowest BCUT2D eigenvalue weighted by atomic mass is 9.87. The molecule has 1 saturated heterocycles. The molecule has 0 aromatic carbocycles. The fourth-order valence-electron chi connectivity index (χ4n) is 2.56. The predicted octanol–water partition coefficient (Wildman–Crippen LogP) is 3.55. The van der Waals surface area contributed by atoms with Gasteiger partial charge < -0.3 is 10.3 Å². The Balaban J connectivity index is 2.15. The fraction of sp³-hybridized carbons (Fsp3) is 0.615. The lowest BCUT2D eigenvalue weighted by Gasteiger charge is -2.35. The van der Waals surface area contributed by atoms with Crippen molar-refractivity contribution in [2.24, 2.45) is 17.7 Å². The highest BCUT2D eigenvalue weighted by Gasteiger charge is 2.24. The van der Waals surface area contributed by atoms with E-state index in [4.69, 9.17) is 29.0 Å². The monoisotopic (exact) mass is 302 g/mol. The van der Waals surface area contributed by atoms with Crippen molar-refractivity contribution in [3.8, 4) is 0 Å². The van der Waals surface area contributed by atoms with Crippen molar-refractivity contribution in [2.45, 2.75) is 26.7 Å². The quantitative estimate of drug-likeness (QED) is 0.662. The number of piperidine rings is 1. The molecule has 19 heavy (non-hydrogen) atoms. The highest BCUT2D eigenvalue weighted by atomic mass is 35.5. The Morgan fingerprint density at radius 2 is 1.95 bits per heavy atom. The van der Waals surface area contributed by atoms with Crippen LogP contribution in [0.15, 0.2) is 6.07 Å². The van der Waals surface area contributed by atoms with E-state index in [1.165, 1.54) is 12.8 Å². The number of nitrogen functional groups attached to an aromatic ring is 1. The van der Waals surface area contributed by atoms with E-state index in [1.54, 1.807) is 6.07 Å². The van der Waals surface area contributed by atoms with Crippen molar-refractivity contribution < 1.29 is 0 Å². The number of hydrazine groups is 1. The Hall–Kier alpha value is -0.710. The van der Waals surface area contributed by atoms with E-state index in [0.29, 0.717) is 15.9 Å². The molecule has 0 spiro atoms. The van der Waals surface area contributed by atoms with E-state index in [9.17, 15) is 0 Å². The van der Waals surface area contributed by atoms with Gasteiger partial charge in [-0.1, -0.05) is 37.0 Å². The molecule has 2 heterocycles. The third-order valence-electron chi connectivity index (χ3n) is 3.83. The van der Waals surface area contributed by atoms with E-state index in [0.717, 1.165) is 30.7 Å². The first-order chi connectivity index (χ1) is 9.02. The second-order valence-corrected chi connectivity index (χ2v) is 6.15. The number of halogens is 2. The van der Waals surface area contributed by atoms with Crippen LogP contribution in [0.2, 0.25) is 10.0 Å². The van der Waals surface area contributed by atoms with Crippen molar-refractivity contribution >= 4 is 34.8 Å². The van der Waals surface area contributed by atoms with Crippen LogP contribution >= 0.6 is 23.2 Å². The number of hydrogen-bond donors (Lipinski definition) is 2. The highest BCUT2D eigenvalue weighted by Crippen LogP contribution is 2.34. The van der Waals surface area contributed by atoms with Crippen molar-refractivity contribution in [1.82, 2.24) is 4.98 Å². The van der Waals surface area contributed by atoms with Gasteiger partial charge in [-0.2, -0.15) is 0 Å². The van der Waals surface area contributed by atoms with Crippen molar-refractivity contribution in [2.75, 3.05) is 23.4 Å². The molecule has 1 aromatic rings. The number of anilines is 2. The minimum absolute atomic E-state index is 0.438. The van der Waals surface area contributed by atoms with Crippen LogP contribution in [-0.4, -0.2) is 18.1 Å². The molecule has 0 atom stereocenters. The van der Waals surface area contributed by atoms with E-state index in [2.05, 4.69) is 29.2 Å². The maximum Gasteiger partial charge on any atom is 0.161 e. The molecule has 0 amide bonds. The molecule has 4 nitrogen and oxygen atoms in total. The highest BCUT2D eigenvalue weighted by molar-refractivity contribution is 6.37. The summed E-state index contributed by atoms with van der Waals surface area (Å²) in [4.78, 5) is 6.62. The van der Waals surface area contributed by atoms with Gasteiger partial charge in [-0.25, -0.2) is 10.8 Å². The molecule has 0 bridgehead atoms. The number of nitrogens with two attached hydrogens (primary N) is 1. The fourth-order valence-corrected chi connectivity index (χ4v) is 3.09. The van der Waals surface area contributed by atoms with Crippen molar-refractivity contribution in [3.63, 3.8) is 0 Å². The molecule has 2 rings (SSSR count). The van der Waals surface area contributed by atoms with Crippen LogP contribution in [0.25, 0.3) is 0 Å². The van der Waals surface area contributed by atoms with Gasteiger partial charge in [-0.3, -0.25) is 0 Å². The number of pyridine rings is 1. The van der Waals surface area contributed by atoms with Gasteiger partial charge in [0.15, 0.2) is 5.82 Å². The zero-order chi connectivity index (χ0) is 14.0. The summed E-state index contributed by atoms with van der Waals surface area (Å²) >= 11 is 12.2. The average Bonchev–Trinajstić information content (AvgIpc) is 2.39. The minimum Gasteiger partial charge on any atom is -0.355 e. The predicted molar refractivity (Wildman–Crippen MR) is 81.8 cm³/mol. The topological polar surface area (TPSA) is 54.2 Å². The maximum absolute atomic E-state index is 6.23. The van der Waals surface area contributed by atoms with Gasteiger partial charge in [0.1, 0.15) is 5.82 Å². The molecule has 0 saturated carbocycles. The van der Waals surface area contributed by atoms with Gasteiger partial charge in [0, 0.05) is 13.1 Å². The minimum atomic E-state index is 0.438. The standard InChI is InChI=1S/C13H20Cl2N4/c1-8(2)9-3-5-19(6-4-9)13-11(15)7-10(14)12(17-13)18-16/h7-9H,3-6,16H2,1-2H3,(H,17,18). The normalized spacial score (nSPS) is 17.1. The van der Waals surface area contributed by atoms with Gasteiger partial charge in [0.2, 0.25) is 0 Å². The summed E-state index contributed by atoms with van der Waals surface area (Å²) in [5.41, 5.74) is 2.50. The summed E-state index contributed by atoms with van der Waals surface area (Å²) in [6.07, 6.45) is 2.34. The van der Waals surface area contributed by atoms with Crippen LogP contribution in [0, 0.1) is 11.8 Å². The Labute approximate surface area is 124 Å². The third kappa shape index (κ3) is 3.25. The summed E-state index contributed by atoms with van der Waals surface area (Å²) in [5, 5.41) is 1.01.